The zero-order valence-corrected chi connectivity index (χ0v) is 14.9. The van der Waals surface area contributed by atoms with E-state index in [1.165, 1.54) is 0 Å². The maximum atomic E-state index is 12.7. The van der Waals surface area contributed by atoms with Gasteiger partial charge in [0, 0.05) is 30.7 Å². The van der Waals surface area contributed by atoms with Crippen molar-refractivity contribution < 1.29 is 4.79 Å². The lowest BCUT2D eigenvalue weighted by atomic mass is 9.87. The molecular weight excluding hydrogens is 250 g/mol. The number of rotatable bonds is 3. The summed E-state index contributed by atoms with van der Waals surface area (Å²) >= 11 is 0. The van der Waals surface area contributed by atoms with Gasteiger partial charge in [0.15, 0.2) is 0 Å². The first-order valence-electron chi connectivity index (χ1n) is 7.55. The maximum absolute atomic E-state index is 12.7. The van der Waals surface area contributed by atoms with Crippen molar-refractivity contribution in [1.82, 2.24) is 14.7 Å². The third-order valence-electron chi connectivity index (χ3n) is 4.99. The minimum atomic E-state index is -0.429. The number of carbonyl (C=O) groups is 1. The number of likely N-dealkylation sites (N-methyl/N-ethyl adjacent to an activating group) is 2. The molecule has 1 aliphatic heterocycles. The van der Waals surface area contributed by atoms with Crippen LogP contribution in [0.15, 0.2) is 0 Å². The average Bonchev–Trinajstić information content (AvgIpc) is 2.29. The zero-order chi connectivity index (χ0) is 15.9. The Hall–Kier alpha value is -0.610. The van der Waals surface area contributed by atoms with E-state index in [4.69, 9.17) is 0 Å². The molecule has 20 heavy (non-hydrogen) atoms. The van der Waals surface area contributed by atoms with Crippen LogP contribution in [0.4, 0.5) is 0 Å². The van der Waals surface area contributed by atoms with Crippen molar-refractivity contribution in [2.45, 2.75) is 65.1 Å². The molecule has 1 aliphatic rings. The lowest BCUT2D eigenvalue weighted by Gasteiger charge is -2.54. The van der Waals surface area contributed by atoms with Crippen molar-refractivity contribution in [1.29, 1.82) is 0 Å². The number of hydrogen-bond donors (Lipinski definition) is 0. The highest BCUT2D eigenvalue weighted by Crippen LogP contribution is 2.31. The van der Waals surface area contributed by atoms with Gasteiger partial charge in [-0.2, -0.15) is 0 Å². The molecule has 4 nitrogen and oxygen atoms in total. The summed E-state index contributed by atoms with van der Waals surface area (Å²) in [7, 11) is 4.17. The van der Waals surface area contributed by atoms with Crippen LogP contribution in [-0.2, 0) is 4.79 Å². The molecule has 0 bridgehead atoms. The lowest BCUT2D eigenvalue weighted by Crippen LogP contribution is -2.70. The molecule has 1 rings (SSSR count). The molecule has 0 aliphatic carbocycles. The number of carbonyl (C=O) groups excluding carboxylic acids is 1. The maximum Gasteiger partial charge on any atom is 0.242 e. The molecule has 1 amide bonds. The van der Waals surface area contributed by atoms with E-state index in [-0.39, 0.29) is 17.0 Å². The molecule has 1 saturated heterocycles. The van der Waals surface area contributed by atoms with Crippen LogP contribution in [0.5, 0.6) is 0 Å². The van der Waals surface area contributed by atoms with Gasteiger partial charge in [-0.05, 0) is 62.6 Å². The van der Waals surface area contributed by atoms with Crippen LogP contribution >= 0.6 is 0 Å². The van der Waals surface area contributed by atoms with Crippen molar-refractivity contribution in [2.24, 2.45) is 0 Å². The van der Waals surface area contributed by atoms with Crippen LogP contribution in [0.2, 0.25) is 0 Å². The monoisotopic (exact) mass is 283 g/mol. The number of hydrogen-bond acceptors (Lipinski definition) is 3. The van der Waals surface area contributed by atoms with Gasteiger partial charge in [0.05, 0.1) is 5.54 Å². The van der Waals surface area contributed by atoms with Gasteiger partial charge >= 0.3 is 0 Å². The number of amides is 1. The highest BCUT2D eigenvalue weighted by molar-refractivity contribution is 5.86. The molecule has 0 atom stereocenters. The normalized spacial score (nSPS) is 23.5. The molecular formula is C16H33N3O. The first-order chi connectivity index (χ1) is 8.80. The Morgan fingerprint density at radius 2 is 1.70 bits per heavy atom. The molecule has 0 aromatic rings. The quantitative estimate of drug-likeness (QED) is 0.793. The van der Waals surface area contributed by atoms with Gasteiger partial charge < -0.3 is 4.90 Å². The Morgan fingerprint density at radius 3 is 2.15 bits per heavy atom. The predicted molar refractivity (Wildman–Crippen MR) is 84.9 cm³/mol. The summed E-state index contributed by atoms with van der Waals surface area (Å²) in [6.45, 7) is 17.6. The van der Waals surface area contributed by atoms with Crippen molar-refractivity contribution >= 4 is 5.91 Å². The fraction of sp³-hybridized carbons (Fsp3) is 0.938. The number of piperazine rings is 1. The third kappa shape index (κ3) is 3.34. The largest absolute Gasteiger partial charge is 0.338 e. The highest BCUT2D eigenvalue weighted by atomic mass is 16.2. The molecule has 4 heteroatoms. The van der Waals surface area contributed by atoms with Gasteiger partial charge in [-0.3, -0.25) is 14.6 Å². The second kappa shape index (κ2) is 5.30. The summed E-state index contributed by atoms with van der Waals surface area (Å²) in [5.74, 6) is 0.238. The Balaban J connectivity index is 2.79. The van der Waals surface area contributed by atoms with Gasteiger partial charge in [0.2, 0.25) is 5.91 Å². The van der Waals surface area contributed by atoms with Gasteiger partial charge in [0.25, 0.3) is 0 Å². The molecule has 0 radical (unpaired) electrons. The summed E-state index contributed by atoms with van der Waals surface area (Å²) in [6, 6.07) is 0. The zero-order valence-electron chi connectivity index (χ0n) is 14.9. The van der Waals surface area contributed by atoms with Crippen LogP contribution in [0.25, 0.3) is 0 Å². The molecule has 0 N–H and O–H groups in total. The van der Waals surface area contributed by atoms with Crippen molar-refractivity contribution in [3.05, 3.63) is 0 Å². The molecule has 0 unspecified atom stereocenters. The lowest BCUT2D eigenvalue weighted by molar-refractivity contribution is -0.157. The van der Waals surface area contributed by atoms with E-state index >= 15 is 0 Å². The summed E-state index contributed by atoms with van der Waals surface area (Å²) in [6.07, 6.45) is 0. The summed E-state index contributed by atoms with van der Waals surface area (Å²) < 4.78 is 0. The predicted octanol–water partition coefficient (Wildman–Crippen LogP) is 2.05. The van der Waals surface area contributed by atoms with Crippen LogP contribution in [-0.4, -0.2) is 71.0 Å². The third-order valence-corrected chi connectivity index (χ3v) is 4.99. The van der Waals surface area contributed by atoms with Gasteiger partial charge in [-0.1, -0.05) is 0 Å². The van der Waals surface area contributed by atoms with E-state index in [1.54, 1.807) is 0 Å². The van der Waals surface area contributed by atoms with Crippen molar-refractivity contribution in [2.75, 3.05) is 33.7 Å². The number of nitrogens with zero attached hydrogens (tertiary/aromatic N) is 3. The smallest absolute Gasteiger partial charge is 0.242 e. The van der Waals surface area contributed by atoms with Gasteiger partial charge in [0.1, 0.15) is 0 Å². The van der Waals surface area contributed by atoms with E-state index < -0.39 is 5.54 Å². The second-order valence-electron chi connectivity index (χ2n) is 8.25. The van der Waals surface area contributed by atoms with E-state index in [0.29, 0.717) is 0 Å². The molecule has 1 fully saturated rings. The summed E-state index contributed by atoms with van der Waals surface area (Å²) in [4.78, 5) is 19.2. The van der Waals surface area contributed by atoms with E-state index in [0.717, 1.165) is 19.6 Å². The first kappa shape index (κ1) is 17.4. The summed E-state index contributed by atoms with van der Waals surface area (Å²) in [5.41, 5.74) is -0.277. The van der Waals surface area contributed by atoms with Crippen molar-refractivity contribution in [3.63, 3.8) is 0 Å². The Labute approximate surface area is 125 Å². The summed E-state index contributed by atoms with van der Waals surface area (Å²) in [5, 5.41) is 0. The van der Waals surface area contributed by atoms with E-state index in [1.807, 2.05) is 18.7 Å². The molecule has 0 saturated carbocycles. The molecule has 118 valence electrons. The highest BCUT2D eigenvalue weighted by Gasteiger charge is 2.48. The molecule has 0 spiro atoms. The molecule has 1 heterocycles. The minimum Gasteiger partial charge on any atom is -0.338 e. The first-order valence-corrected chi connectivity index (χ1v) is 7.55. The van der Waals surface area contributed by atoms with Gasteiger partial charge in [-0.25, -0.2) is 0 Å². The Morgan fingerprint density at radius 1 is 1.20 bits per heavy atom. The Kier molecular flexibility index (Phi) is 4.62. The fourth-order valence-corrected chi connectivity index (χ4v) is 2.72. The molecule has 0 aromatic heterocycles. The van der Waals surface area contributed by atoms with Crippen LogP contribution < -0.4 is 0 Å². The van der Waals surface area contributed by atoms with E-state index in [2.05, 4.69) is 58.5 Å². The van der Waals surface area contributed by atoms with Crippen molar-refractivity contribution in [3.8, 4) is 0 Å². The fourth-order valence-electron chi connectivity index (χ4n) is 2.72. The molecule has 0 aromatic carbocycles. The van der Waals surface area contributed by atoms with Crippen LogP contribution in [0, 0.1) is 0 Å². The second-order valence-corrected chi connectivity index (χ2v) is 8.25. The standard InChI is InChI=1S/C16H33N3O/c1-14(2,3)17(8)10-11-19-12-15(4,5)18(9)16(6,7)13(19)20/h10-12H2,1-9H3. The Bertz CT molecular complexity index is 368. The SMILES string of the molecule is CN(CCN1CC(C)(C)N(C)C(C)(C)C1=O)C(C)(C)C. The van der Waals surface area contributed by atoms with Gasteiger partial charge in [-0.15, -0.1) is 0 Å². The minimum absolute atomic E-state index is 0.0116. The van der Waals surface area contributed by atoms with Crippen LogP contribution in [0.3, 0.4) is 0 Å². The van der Waals surface area contributed by atoms with E-state index in [9.17, 15) is 4.79 Å². The van der Waals surface area contributed by atoms with Crippen LogP contribution in [0.1, 0.15) is 48.5 Å². The average molecular weight is 283 g/mol. The topological polar surface area (TPSA) is 26.8 Å².